The smallest absolute Gasteiger partial charge is 0.407 e. The molecule has 1 aromatic heterocycles. The van der Waals surface area contributed by atoms with Crippen LogP contribution in [-0.4, -0.2) is 39.8 Å². The maximum absolute atomic E-state index is 11.6. The van der Waals surface area contributed by atoms with Crippen molar-refractivity contribution in [3.05, 3.63) is 18.2 Å². The number of hydrogen-bond acceptors (Lipinski definition) is 4. The van der Waals surface area contributed by atoms with E-state index in [-0.39, 0.29) is 6.09 Å². The molecule has 21 heavy (non-hydrogen) atoms. The fraction of sp³-hybridized carbons (Fsp3) is 0.733. The first-order valence-electron chi connectivity index (χ1n) is 7.34. The van der Waals surface area contributed by atoms with E-state index in [0.717, 1.165) is 24.3 Å². The summed E-state index contributed by atoms with van der Waals surface area (Å²) in [6, 6.07) is 0.457. The van der Waals surface area contributed by atoms with Crippen molar-refractivity contribution in [3.8, 4) is 0 Å². The number of nitrogens with zero attached hydrogens (tertiary/aromatic N) is 2. The first-order valence-corrected chi connectivity index (χ1v) is 8.73. The van der Waals surface area contributed by atoms with Crippen LogP contribution in [0, 0.1) is 0 Å². The Morgan fingerprint density at radius 3 is 2.81 bits per heavy atom. The van der Waals surface area contributed by atoms with Gasteiger partial charge in [0.1, 0.15) is 5.60 Å². The van der Waals surface area contributed by atoms with Crippen LogP contribution < -0.4 is 5.32 Å². The highest BCUT2D eigenvalue weighted by atomic mass is 32.2. The van der Waals surface area contributed by atoms with E-state index >= 15 is 0 Å². The number of alkyl carbamates (subject to hydrolysis) is 1. The molecule has 0 saturated heterocycles. The molecule has 0 aliphatic rings. The molecule has 1 amide bonds. The minimum absolute atomic E-state index is 0.371. The zero-order valence-corrected chi connectivity index (χ0v) is 14.5. The Hall–Kier alpha value is -1.17. The third-order valence-corrected chi connectivity index (χ3v) is 3.74. The fourth-order valence-corrected chi connectivity index (χ4v) is 2.83. The number of carbonyl (C=O) groups excluding carboxylic acids is 1. The Bertz CT molecular complexity index is 440. The zero-order chi connectivity index (χ0) is 15.9. The molecule has 0 aromatic carbocycles. The number of ether oxygens (including phenoxy) is 1. The van der Waals surface area contributed by atoms with Crippen molar-refractivity contribution in [1.82, 2.24) is 14.9 Å². The molecule has 0 bridgehead atoms. The quantitative estimate of drug-likeness (QED) is 0.839. The third kappa shape index (κ3) is 6.42. The van der Waals surface area contributed by atoms with Gasteiger partial charge in [0.2, 0.25) is 0 Å². The SMILES string of the molecule is CCC(CSC)n1cncc1CCNC(=O)OC(C)(C)C. The molecule has 0 radical (unpaired) electrons. The standard InChI is InChI=1S/C15H27N3O2S/c1-6-12(10-21-5)18-11-16-9-13(18)7-8-17-14(19)20-15(2,3)4/h9,11-12H,6-8,10H2,1-5H3,(H,17,19). The molecule has 0 aliphatic carbocycles. The van der Waals surface area contributed by atoms with Crippen molar-refractivity contribution < 1.29 is 9.53 Å². The van der Waals surface area contributed by atoms with Crippen molar-refractivity contribution in [2.45, 2.75) is 52.2 Å². The predicted octanol–water partition coefficient (Wildman–Crippen LogP) is 3.26. The number of hydrogen-bond donors (Lipinski definition) is 1. The highest BCUT2D eigenvalue weighted by molar-refractivity contribution is 7.98. The molecule has 1 atom stereocenters. The molecule has 0 spiro atoms. The van der Waals surface area contributed by atoms with Crippen LogP contribution in [0.25, 0.3) is 0 Å². The van der Waals surface area contributed by atoms with E-state index < -0.39 is 5.60 Å². The van der Waals surface area contributed by atoms with Crippen LogP contribution in [0.3, 0.4) is 0 Å². The first kappa shape index (κ1) is 17.9. The molecule has 0 saturated carbocycles. The highest BCUT2D eigenvalue weighted by Crippen LogP contribution is 2.18. The Kier molecular flexibility index (Phi) is 7.08. The monoisotopic (exact) mass is 313 g/mol. The van der Waals surface area contributed by atoms with Gasteiger partial charge in [0.15, 0.2) is 0 Å². The van der Waals surface area contributed by atoms with Gasteiger partial charge in [-0.05, 0) is 33.4 Å². The van der Waals surface area contributed by atoms with Crippen LogP contribution in [0.2, 0.25) is 0 Å². The molecule has 5 nitrogen and oxygen atoms in total. The highest BCUT2D eigenvalue weighted by Gasteiger charge is 2.16. The summed E-state index contributed by atoms with van der Waals surface area (Å²) in [6.45, 7) is 8.31. The molecule has 1 heterocycles. The van der Waals surface area contributed by atoms with E-state index in [2.05, 4.69) is 28.0 Å². The van der Waals surface area contributed by atoms with Gasteiger partial charge < -0.3 is 14.6 Å². The maximum Gasteiger partial charge on any atom is 0.407 e. The number of nitrogens with one attached hydrogen (secondary N) is 1. The van der Waals surface area contributed by atoms with Gasteiger partial charge in [-0.2, -0.15) is 11.8 Å². The summed E-state index contributed by atoms with van der Waals surface area (Å²) < 4.78 is 7.43. The van der Waals surface area contributed by atoms with E-state index in [1.165, 1.54) is 0 Å². The van der Waals surface area contributed by atoms with E-state index in [1.54, 1.807) is 0 Å². The lowest BCUT2D eigenvalue weighted by atomic mass is 10.2. The van der Waals surface area contributed by atoms with E-state index in [9.17, 15) is 4.79 Å². The van der Waals surface area contributed by atoms with Gasteiger partial charge in [0, 0.05) is 36.7 Å². The average Bonchev–Trinajstić information content (AvgIpc) is 2.82. The van der Waals surface area contributed by atoms with E-state index in [4.69, 9.17) is 4.74 Å². The molecule has 6 heteroatoms. The summed E-state index contributed by atoms with van der Waals surface area (Å²) >= 11 is 1.84. The Morgan fingerprint density at radius 1 is 1.52 bits per heavy atom. The van der Waals surface area contributed by atoms with Gasteiger partial charge in [-0.15, -0.1) is 0 Å². The number of thioether (sulfide) groups is 1. The number of aromatic nitrogens is 2. The second-order valence-electron chi connectivity index (χ2n) is 5.99. The van der Waals surface area contributed by atoms with Crippen molar-refractivity contribution in [1.29, 1.82) is 0 Å². The molecule has 1 N–H and O–H groups in total. The number of carbonyl (C=O) groups is 1. The van der Waals surface area contributed by atoms with Crippen molar-refractivity contribution >= 4 is 17.9 Å². The van der Waals surface area contributed by atoms with Crippen molar-refractivity contribution in [2.75, 3.05) is 18.6 Å². The lowest BCUT2D eigenvalue weighted by molar-refractivity contribution is 0.0528. The maximum atomic E-state index is 11.6. The molecule has 0 aliphatic heterocycles. The average molecular weight is 313 g/mol. The van der Waals surface area contributed by atoms with Gasteiger partial charge in [-0.3, -0.25) is 0 Å². The largest absolute Gasteiger partial charge is 0.444 e. The minimum atomic E-state index is -0.461. The molecule has 120 valence electrons. The lowest BCUT2D eigenvalue weighted by Gasteiger charge is -2.20. The van der Waals surface area contributed by atoms with Crippen LogP contribution in [0.5, 0.6) is 0 Å². The number of imidazole rings is 1. The summed E-state index contributed by atoms with van der Waals surface area (Å²) in [5.41, 5.74) is 0.685. The van der Waals surface area contributed by atoms with Crippen LogP contribution in [0.1, 0.15) is 45.9 Å². The summed E-state index contributed by atoms with van der Waals surface area (Å²) in [7, 11) is 0. The van der Waals surface area contributed by atoms with Crippen molar-refractivity contribution in [2.24, 2.45) is 0 Å². The number of rotatable bonds is 7. The summed E-state index contributed by atoms with van der Waals surface area (Å²) in [4.78, 5) is 15.8. The molecule has 0 fully saturated rings. The Morgan fingerprint density at radius 2 is 2.24 bits per heavy atom. The number of amides is 1. The molecular formula is C15H27N3O2S. The van der Waals surface area contributed by atoms with Crippen LogP contribution in [0.15, 0.2) is 12.5 Å². The van der Waals surface area contributed by atoms with Gasteiger partial charge in [0.05, 0.1) is 6.33 Å². The van der Waals surface area contributed by atoms with Gasteiger partial charge in [-0.1, -0.05) is 6.92 Å². The Balaban J connectivity index is 2.49. The van der Waals surface area contributed by atoms with Crippen molar-refractivity contribution in [3.63, 3.8) is 0 Å². The molecule has 1 unspecified atom stereocenters. The van der Waals surface area contributed by atoms with Crippen LogP contribution in [0.4, 0.5) is 4.79 Å². The van der Waals surface area contributed by atoms with Gasteiger partial charge >= 0.3 is 6.09 Å². The fourth-order valence-electron chi connectivity index (χ4n) is 2.05. The predicted molar refractivity (Wildman–Crippen MR) is 87.9 cm³/mol. The third-order valence-electron chi connectivity index (χ3n) is 3.02. The second kappa shape index (κ2) is 8.32. The summed E-state index contributed by atoms with van der Waals surface area (Å²) in [5, 5.41) is 2.79. The van der Waals surface area contributed by atoms with Gasteiger partial charge in [-0.25, -0.2) is 9.78 Å². The van der Waals surface area contributed by atoms with E-state index in [0.29, 0.717) is 12.6 Å². The minimum Gasteiger partial charge on any atom is -0.444 e. The Labute approximate surface area is 131 Å². The molecule has 1 aromatic rings. The van der Waals surface area contributed by atoms with Crippen LogP contribution in [-0.2, 0) is 11.2 Å². The lowest BCUT2D eigenvalue weighted by Crippen LogP contribution is -2.33. The molecular weight excluding hydrogens is 286 g/mol. The van der Waals surface area contributed by atoms with E-state index in [1.807, 2.05) is 45.1 Å². The normalized spacial score (nSPS) is 13.0. The van der Waals surface area contributed by atoms with Crippen LogP contribution >= 0.6 is 11.8 Å². The molecule has 1 rings (SSSR count). The van der Waals surface area contributed by atoms with Gasteiger partial charge in [0.25, 0.3) is 0 Å². The summed E-state index contributed by atoms with van der Waals surface area (Å²) in [5.74, 6) is 1.07. The summed E-state index contributed by atoms with van der Waals surface area (Å²) in [6.07, 6.45) is 7.33. The first-order chi connectivity index (χ1) is 9.87. The zero-order valence-electron chi connectivity index (χ0n) is 13.7. The topological polar surface area (TPSA) is 56.2 Å². The second-order valence-corrected chi connectivity index (χ2v) is 6.90.